The molecule has 1 aliphatic rings. The molecule has 1 heterocycles. The third kappa shape index (κ3) is 1.94. The van der Waals surface area contributed by atoms with Crippen LogP contribution in [0.2, 0.25) is 0 Å². The van der Waals surface area contributed by atoms with Crippen molar-refractivity contribution in [3.8, 4) is 0 Å². The van der Waals surface area contributed by atoms with Gasteiger partial charge in [-0.25, -0.2) is 0 Å². The Morgan fingerprint density at radius 3 is 2.82 bits per heavy atom. The zero-order valence-corrected chi connectivity index (χ0v) is 10.7. The lowest BCUT2D eigenvalue weighted by Gasteiger charge is -2.41. The number of fused-ring (bicyclic) bond motifs is 1. The molecule has 2 nitrogen and oxygen atoms in total. The number of nitrogens with two attached hydrogens (primary N) is 1. The molecule has 0 bridgehead atoms. The van der Waals surface area contributed by atoms with Crippen molar-refractivity contribution >= 4 is 27.1 Å². The summed E-state index contributed by atoms with van der Waals surface area (Å²) in [5.74, 6) is 0. The first-order valence-electron chi connectivity index (χ1n) is 6.23. The van der Waals surface area contributed by atoms with Gasteiger partial charge in [-0.1, -0.05) is 24.6 Å². The van der Waals surface area contributed by atoms with Gasteiger partial charge >= 0.3 is 0 Å². The molecule has 3 rings (SSSR count). The Balaban J connectivity index is 1.77. The highest BCUT2D eigenvalue weighted by atomic mass is 32.1. The molecule has 0 aliphatic heterocycles. The van der Waals surface area contributed by atoms with Crippen molar-refractivity contribution in [3.63, 3.8) is 0 Å². The van der Waals surface area contributed by atoms with E-state index in [0.29, 0.717) is 5.41 Å². The van der Waals surface area contributed by atoms with Crippen molar-refractivity contribution in [3.05, 3.63) is 29.6 Å². The Labute approximate surface area is 106 Å². The standard InChI is InChI=1S/C14H18N2S/c15-9-14(6-3-7-14)10-16-12-8-17-13-5-2-1-4-11(12)13/h1-2,4-5,8,16H,3,6-7,9-10,15H2. The van der Waals surface area contributed by atoms with Gasteiger partial charge < -0.3 is 11.1 Å². The third-order valence-corrected chi connectivity index (χ3v) is 4.95. The van der Waals surface area contributed by atoms with Gasteiger partial charge in [-0.05, 0) is 30.9 Å². The molecule has 1 saturated carbocycles. The number of nitrogens with one attached hydrogen (secondary N) is 1. The molecule has 0 saturated heterocycles. The number of hydrogen-bond donors (Lipinski definition) is 2. The number of rotatable bonds is 4. The predicted molar refractivity (Wildman–Crippen MR) is 75.7 cm³/mol. The van der Waals surface area contributed by atoms with Crippen LogP contribution in [0.25, 0.3) is 10.1 Å². The minimum absolute atomic E-state index is 0.364. The number of benzene rings is 1. The zero-order chi connectivity index (χ0) is 11.7. The summed E-state index contributed by atoms with van der Waals surface area (Å²) >= 11 is 1.80. The van der Waals surface area contributed by atoms with Crippen LogP contribution in [0.1, 0.15) is 19.3 Å². The topological polar surface area (TPSA) is 38.0 Å². The highest BCUT2D eigenvalue weighted by molar-refractivity contribution is 7.17. The van der Waals surface area contributed by atoms with E-state index in [1.807, 2.05) is 0 Å². The average molecular weight is 246 g/mol. The maximum atomic E-state index is 5.88. The van der Waals surface area contributed by atoms with Gasteiger partial charge in [0.15, 0.2) is 0 Å². The lowest BCUT2D eigenvalue weighted by molar-refractivity contribution is 0.163. The van der Waals surface area contributed by atoms with Crippen LogP contribution in [-0.4, -0.2) is 13.1 Å². The Kier molecular flexibility index (Phi) is 2.81. The first kappa shape index (κ1) is 11.1. The second-order valence-corrected chi connectivity index (χ2v) is 5.97. The quantitative estimate of drug-likeness (QED) is 0.867. The van der Waals surface area contributed by atoms with Crippen molar-refractivity contribution < 1.29 is 0 Å². The molecule has 1 aromatic carbocycles. The van der Waals surface area contributed by atoms with Gasteiger partial charge in [0, 0.05) is 22.0 Å². The Hall–Kier alpha value is -1.06. The monoisotopic (exact) mass is 246 g/mol. The van der Waals surface area contributed by atoms with E-state index in [2.05, 4.69) is 35.0 Å². The second-order valence-electron chi connectivity index (χ2n) is 5.06. The Morgan fingerprint density at radius 1 is 1.29 bits per heavy atom. The van der Waals surface area contributed by atoms with E-state index in [4.69, 9.17) is 5.73 Å². The molecule has 1 fully saturated rings. The highest BCUT2D eigenvalue weighted by Crippen LogP contribution is 2.40. The van der Waals surface area contributed by atoms with Crippen LogP contribution in [0.5, 0.6) is 0 Å². The van der Waals surface area contributed by atoms with Gasteiger partial charge in [0.05, 0.1) is 5.69 Å². The van der Waals surface area contributed by atoms with E-state index >= 15 is 0 Å². The van der Waals surface area contributed by atoms with Gasteiger partial charge in [0.2, 0.25) is 0 Å². The highest BCUT2D eigenvalue weighted by Gasteiger charge is 2.35. The molecule has 90 valence electrons. The molecular formula is C14H18N2S. The second kappa shape index (κ2) is 4.31. The molecule has 1 aromatic heterocycles. The largest absolute Gasteiger partial charge is 0.383 e. The fourth-order valence-electron chi connectivity index (χ4n) is 2.53. The zero-order valence-electron chi connectivity index (χ0n) is 9.91. The summed E-state index contributed by atoms with van der Waals surface area (Å²) < 4.78 is 1.35. The fraction of sp³-hybridized carbons (Fsp3) is 0.429. The van der Waals surface area contributed by atoms with Gasteiger partial charge in [-0.15, -0.1) is 11.3 Å². The summed E-state index contributed by atoms with van der Waals surface area (Å²) in [6.07, 6.45) is 3.89. The molecule has 0 radical (unpaired) electrons. The van der Waals surface area contributed by atoms with E-state index in [0.717, 1.165) is 13.1 Å². The van der Waals surface area contributed by atoms with E-state index in [1.165, 1.54) is 35.0 Å². The van der Waals surface area contributed by atoms with Crippen molar-refractivity contribution in [1.29, 1.82) is 0 Å². The van der Waals surface area contributed by atoms with Crippen LogP contribution in [0, 0.1) is 5.41 Å². The summed E-state index contributed by atoms with van der Waals surface area (Å²) in [6.45, 7) is 1.83. The maximum absolute atomic E-state index is 5.88. The van der Waals surface area contributed by atoms with Gasteiger partial charge in [-0.3, -0.25) is 0 Å². The van der Waals surface area contributed by atoms with Crippen LogP contribution in [0.4, 0.5) is 5.69 Å². The van der Waals surface area contributed by atoms with Crippen molar-refractivity contribution in [1.82, 2.24) is 0 Å². The molecular weight excluding hydrogens is 228 g/mol. The summed E-state index contributed by atoms with van der Waals surface area (Å²) in [5.41, 5.74) is 7.52. The van der Waals surface area contributed by atoms with Gasteiger partial charge in [0.25, 0.3) is 0 Å². The molecule has 1 aliphatic carbocycles. The molecule has 0 unspecified atom stereocenters. The summed E-state index contributed by atoms with van der Waals surface area (Å²) in [7, 11) is 0. The Bertz CT molecular complexity index is 508. The van der Waals surface area contributed by atoms with Crippen LogP contribution < -0.4 is 11.1 Å². The first-order chi connectivity index (χ1) is 8.33. The molecule has 0 atom stereocenters. The number of thiophene rings is 1. The van der Waals surface area contributed by atoms with Crippen molar-refractivity contribution in [2.24, 2.45) is 11.1 Å². The smallest absolute Gasteiger partial charge is 0.0529 e. The molecule has 2 aromatic rings. The van der Waals surface area contributed by atoms with Crippen molar-refractivity contribution in [2.45, 2.75) is 19.3 Å². The van der Waals surface area contributed by atoms with E-state index in [-0.39, 0.29) is 0 Å². The lowest BCUT2D eigenvalue weighted by Crippen LogP contribution is -2.42. The maximum Gasteiger partial charge on any atom is 0.0529 e. The fourth-order valence-corrected chi connectivity index (χ4v) is 3.44. The summed E-state index contributed by atoms with van der Waals surface area (Å²) in [4.78, 5) is 0. The Morgan fingerprint density at radius 2 is 2.12 bits per heavy atom. The third-order valence-electron chi connectivity index (χ3n) is 3.98. The summed E-state index contributed by atoms with van der Waals surface area (Å²) in [6, 6.07) is 8.55. The van der Waals surface area contributed by atoms with Crippen LogP contribution in [0.15, 0.2) is 29.6 Å². The minimum Gasteiger partial charge on any atom is -0.383 e. The molecule has 0 amide bonds. The number of anilines is 1. The van der Waals surface area contributed by atoms with Crippen molar-refractivity contribution in [2.75, 3.05) is 18.4 Å². The van der Waals surface area contributed by atoms with E-state index in [9.17, 15) is 0 Å². The van der Waals surface area contributed by atoms with Gasteiger partial charge in [0.1, 0.15) is 0 Å². The van der Waals surface area contributed by atoms with Crippen LogP contribution in [0.3, 0.4) is 0 Å². The van der Waals surface area contributed by atoms with Crippen LogP contribution >= 0.6 is 11.3 Å². The molecule has 3 N–H and O–H groups in total. The average Bonchev–Trinajstić information content (AvgIpc) is 2.72. The van der Waals surface area contributed by atoms with Crippen LogP contribution in [-0.2, 0) is 0 Å². The van der Waals surface area contributed by atoms with Gasteiger partial charge in [-0.2, -0.15) is 0 Å². The minimum atomic E-state index is 0.364. The number of hydrogen-bond acceptors (Lipinski definition) is 3. The van der Waals surface area contributed by atoms with E-state index < -0.39 is 0 Å². The molecule has 0 spiro atoms. The molecule has 17 heavy (non-hydrogen) atoms. The molecule has 3 heteroatoms. The van der Waals surface area contributed by atoms with E-state index in [1.54, 1.807) is 11.3 Å². The lowest BCUT2D eigenvalue weighted by atomic mass is 9.69. The first-order valence-corrected chi connectivity index (χ1v) is 7.11. The normalized spacial score (nSPS) is 17.9. The SMILES string of the molecule is NCC1(CNc2csc3ccccc23)CCC1. The summed E-state index contributed by atoms with van der Waals surface area (Å²) in [5, 5.41) is 7.14. The predicted octanol–water partition coefficient (Wildman–Crippen LogP) is 3.44.